The van der Waals surface area contributed by atoms with E-state index < -0.39 is 0 Å². The van der Waals surface area contributed by atoms with E-state index in [4.69, 9.17) is 5.73 Å². The van der Waals surface area contributed by atoms with Gasteiger partial charge in [-0.25, -0.2) is 0 Å². The minimum Gasteiger partial charge on any atom is -0.369 e. The summed E-state index contributed by atoms with van der Waals surface area (Å²) in [6.07, 6.45) is 2.37. The predicted octanol–water partition coefficient (Wildman–Crippen LogP) is 1.38. The van der Waals surface area contributed by atoms with Crippen LogP contribution in [-0.2, 0) is 0 Å². The molecule has 2 fully saturated rings. The number of hydrogen-bond donors (Lipinski definition) is 2. The third-order valence-electron chi connectivity index (χ3n) is 4.19. The van der Waals surface area contributed by atoms with Gasteiger partial charge >= 0.3 is 0 Å². The summed E-state index contributed by atoms with van der Waals surface area (Å²) >= 11 is 0. The van der Waals surface area contributed by atoms with Gasteiger partial charge in [-0.15, -0.1) is 0 Å². The summed E-state index contributed by atoms with van der Waals surface area (Å²) < 4.78 is 0. The maximum atomic E-state index is 11.6. The Kier molecular flexibility index (Phi) is 3.19. The molecule has 19 heavy (non-hydrogen) atoms. The lowest BCUT2D eigenvalue weighted by molar-refractivity contribution is 0.0999. The fraction of sp³-hybridized carbons (Fsp3) is 0.533. The number of nitrogens with two attached hydrogens (primary N) is 1. The lowest BCUT2D eigenvalue weighted by Crippen LogP contribution is -2.43. The Balaban J connectivity index is 2.01. The lowest BCUT2D eigenvalue weighted by atomic mass is 9.95. The number of hydrogen-bond acceptors (Lipinski definition) is 3. The first-order valence-corrected chi connectivity index (χ1v) is 7.07. The van der Waals surface area contributed by atoms with Crippen LogP contribution in [0.1, 0.15) is 40.2 Å². The van der Waals surface area contributed by atoms with Gasteiger partial charge in [-0.05, 0) is 48.9 Å². The van der Waals surface area contributed by atoms with Crippen molar-refractivity contribution in [2.75, 3.05) is 31.1 Å². The molecule has 1 aliphatic carbocycles. The summed E-state index contributed by atoms with van der Waals surface area (Å²) in [6, 6.07) is 3.98. The molecule has 3 N–H and O–H groups in total. The molecule has 4 heteroatoms. The van der Waals surface area contributed by atoms with E-state index in [1.807, 2.05) is 6.07 Å². The first kappa shape index (κ1) is 12.5. The monoisotopic (exact) mass is 259 g/mol. The van der Waals surface area contributed by atoms with Crippen LogP contribution in [-0.4, -0.2) is 32.1 Å². The van der Waals surface area contributed by atoms with Crippen LogP contribution >= 0.6 is 0 Å². The van der Waals surface area contributed by atoms with E-state index in [9.17, 15) is 4.79 Å². The Morgan fingerprint density at radius 1 is 1.32 bits per heavy atom. The molecule has 0 radical (unpaired) electrons. The molecule has 0 spiro atoms. The van der Waals surface area contributed by atoms with Crippen LogP contribution in [0.4, 0.5) is 5.69 Å². The highest BCUT2D eigenvalue weighted by atomic mass is 16.1. The molecule has 1 heterocycles. The molecule has 1 amide bonds. The van der Waals surface area contributed by atoms with E-state index in [1.165, 1.54) is 29.7 Å². The fourth-order valence-electron chi connectivity index (χ4n) is 3.08. The smallest absolute Gasteiger partial charge is 0.248 e. The SMILES string of the molecule is Cc1c(N2CCNCC2)ccc(C(N)=O)c1C1CC1. The Morgan fingerprint density at radius 2 is 2.00 bits per heavy atom. The minimum atomic E-state index is -0.295. The normalized spacial score (nSPS) is 19.5. The Hall–Kier alpha value is -1.55. The van der Waals surface area contributed by atoms with E-state index in [-0.39, 0.29) is 5.91 Å². The standard InChI is InChI=1S/C15H21N3O/c1-10-13(18-8-6-17-7-9-18)5-4-12(15(16)19)14(10)11-2-3-11/h4-5,11,17H,2-3,6-9H2,1H3,(H2,16,19). The van der Waals surface area contributed by atoms with Crippen molar-refractivity contribution in [1.82, 2.24) is 5.32 Å². The van der Waals surface area contributed by atoms with Crippen molar-refractivity contribution >= 4 is 11.6 Å². The molecule has 1 saturated heterocycles. The molecule has 0 bridgehead atoms. The largest absolute Gasteiger partial charge is 0.369 e. The molecule has 1 aromatic rings. The zero-order valence-electron chi connectivity index (χ0n) is 11.4. The molecule has 1 aliphatic heterocycles. The molecule has 0 atom stereocenters. The second-order valence-electron chi connectivity index (χ2n) is 5.55. The number of primary amides is 1. The van der Waals surface area contributed by atoms with Crippen LogP contribution in [0, 0.1) is 6.92 Å². The van der Waals surface area contributed by atoms with Gasteiger partial charge in [-0.2, -0.15) is 0 Å². The summed E-state index contributed by atoms with van der Waals surface area (Å²) in [5.41, 5.74) is 9.96. The van der Waals surface area contributed by atoms with Gasteiger partial charge in [-0.3, -0.25) is 4.79 Å². The lowest BCUT2D eigenvalue weighted by Gasteiger charge is -2.31. The van der Waals surface area contributed by atoms with Crippen LogP contribution in [0.3, 0.4) is 0 Å². The first-order chi connectivity index (χ1) is 9.18. The van der Waals surface area contributed by atoms with Crippen molar-refractivity contribution < 1.29 is 4.79 Å². The second-order valence-corrected chi connectivity index (χ2v) is 5.55. The Bertz CT molecular complexity index is 502. The number of anilines is 1. The van der Waals surface area contributed by atoms with Crippen LogP contribution in [0.25, 0.3) is 0 Å². The number of carbonyl (C=O) groups excluding carboxylic acids is 1. The maximum absolute atomic E-state index is 11.6. The van der Waals surface area contributed by atoms with E-state index in [0.717, 1.165) is 31.7 Å². The van der Waals surface area contributed by atoms with Crippen molar-refractivity contribution in [2.45, 2.75) is 25.7 Å². The Labute approximate surface area is 114 Å². The van der Waals surface area contributed by atoms with Gasteiger partial charge in [-0.1, -0.05) is 0 Å². The average Bonchev–Trinajstić information content (AvgIpc) is 3.23. The molecule has 1 aromatic carbocycles. The van der Waals surface area contributed by atoms with Crippen molar-refractivity contribution in [3.05, 3.63) is 28.8 Å². The first-order valence-electron chi connectivity index (χ1n) is 7.07. The highest BCUT2D eigenvalue weighted by Gasteiger charge is 2.30. The van der Waals surface area contributed by atoms with Gasteiger partial charge in [0.25, 0.3) is 0 Å². The van der Waals surface area contributed by atoms with Crippen LogP contribution in [0.5, 0.6) is 0 Å². The molecular formula is C15H21N3O. The molecule has 0 unspecified atom stereocenters. The third-order valence-corrected chi connectivity index (χ3v) is 4.19. The van der Waals surface area contributed by atoms with E-state index >= 15 is 0 Å². The number of carbonyl (C=O) groups is 1. The number of nitrogens with one attached hydrogen (secondary N) is 1. The summed E-state index contributed by atoms with van der Waals surface area (Å²) in [6.45, 7) is 6.24. The highest BCUT2D eigenvalue weighted by molar-refractivity contribution is 5.96. The topological polar surface area (TPSA) is 58.4 Å². The number of benzene rings is 1. The van der Waals surface area contributed by atoms with Gasteiger partial charge in [0.1, 0.15) is 0 Å². The number of rotatable bonds is 3. The van der Waals surface area contributed by atoms with Crippen LogP contribution in [0.15, 0.2) is 12.1 Å². The summed E-state index contributed by atoms with van der Waals surface area (Å²) in [7, 11) is 0. The van der Waals surface area contributed by atoms with Crippen molar-refractivity contribution in [3.8, 4) is 0 Å². The minimum absolute atomic E-state index is 0.295. The zero-order chi connectivity index (χ0) is 13.4. The predicted molar refractivity (Wildman–Crippen MR) is 76.8 cm³/mol. The third kappa shape index (κ3) is 2.32. The quantitative estimate of drug-likeness (QED) is 0.862. The average molecular weight is 259 g/mol. The molecule has 102 valence electrons. The van der Waals surface area contributed by atoms with Gasteiger partial charge < -0.3 is 16.0 Å². The fourth-order valence-corrected chi connectivity index (χ4v) is 3.08. The maximum Gasteiger partial charge on any atom is 0.248 e. The van der Waals surface area contributed by atoms with E-state index in [1.54, 1.807) is 0 Å². The molecule has 1 saturated carbocycles. The number of piperazine rings is 1. The molecule has 0 aromatic heterocycles. The second kappa shape index (κ2) is 4.85. The number of amides is 1. The molecule has 4 nitrogen and oxygen atoms in total. The van der Waals surface area contributed by atoms with Crippen molar-refractivity contribution in [1.29, 1.82) is 0 Å². The summed E-state index contributed by atoms with van der Waals surface area (Å²) in [4.78, 5) is 14.0. The molecule has 3 rings (SSSR count). The highest BCUT2D eigenvalue weighted by Crippen LogP contribution is 2.45. The van der Waals surface area contributed by atoms with Crippen molar-refractivity contribution in [2.24, 2.45) is 5.73 Å². The van der Waals surface area contributed by atoms with Gasteiger partial charge in [0.2, 0.25) is 5.91 Å². The zero-order valence-corrected chi connectivity index (χ0v) is 11.4. The Morgan fingerprint density at radius 3 is 2.58 bits per heavy atom. The van der Waals surface area contributed by atoms with E-state index in [2.05, 4.69) is 23.2 Å². The van der Waals surface area contributed by atoms with Gasteiger partial charge in [0.15, 0.2) is 0 Å². The summed E-state index contributed by atoms with van der Waals surface area (Å²) in [5, 5.41) is 3.37. The van der Waals surface area contributed by atoms with Gasteiger partial charge in [0.05, 0.1) is 0 Å². The van der Waals surface area contributed by atoms with Crippen LogP contribution < -0.4 is 16.0 Å². The van der Waals surface area contributed by atoms with Crippen LogP contribution in [0.2, 0.25) is 0 Å². The molecular weight excluding hydrogens is 238 g/mol. The number of nitrogens with zero attached hydrogens (tertiary/aromatic N) is 1. The van der Waals surface area contributed by atoms with Gasteiger partial charge in [0, 0.05) is 37.4 Å². The van der Waals surface area contributed by atoms with E-state index in [0.29, 0.717) is 5.92 Å². The molecule has 2 aliphatic rings. The summed E-state index contributed by atoms with van der Waals surface area (Å²) in [5.74, 6) is 0.252. The van der Waals surface area contributed by atoms with Crippen molar-refractivity contribution in [3.63, 3.8) is 0 Å².